The maximum absolute atomic E-state index is 12.1. The van der Waals surface area contributed by atoms with E-state index >= 15 is 0 Å². The quantitative estimate of drug-likeness (QED) is 0.779. The first kappa shape index (κ1) is 14.6. The van der Waals surface area contributed by atoms with Crippen LogP contribution in [0.2, 0.25) is 0 Å². The predicted molar refractivity (Wildman–Crippen MR) is 74.9 cm³/mol. The number of piperazine rings is 1. The number of carbonyl (C=O) groups is 1. The molecule has 110 valence electrons. The van der Waals surface area contributed by atoms with E-state index in [0.717, 1.165) is 39.1 Å². The van der Waals surface area contributed by atoms with Gasteiger partial charge in [-0.3, -0.25) is 4.90 Å². The summed E-state index contributed by atoms with van der Waals surface area (Å²) in [5, 5.41) is 0. The number of piperidine rings is 1. The molecule has 0 aliphatic carbocycles. The van der Waals surface area contributed by atoms with Gasteiger partial charge in [-0.2, -0.15) is 0 Å². The molecule has 2 aliphatic heterocycles. The second kappa shape index (κ2) is 5.67. The number of hydrogen-bond donors (Lipinski definition) is 1. The van der Waals surface area contributed by atoms with Crippen LogP contribution in [0.1, 0.15) is 33.6 Å². The van der Waals surface area contributed by atoms with Gasteiger partial charge in [-0.05, 0) is 52.6 Å². The third kappa shape index (κ3) is 3.83. The van der Waals surface area contributed by atoms with Crippen LogP contribution in [0.3, 0.4) is 0 Å². The van der Waals surface area contributed by atoms with Gasteiger partial charge in [-0.25, -0.2) is 4.79 Å². The average Bonchev–Trinajstić information content (AvgIpc) is 2.35. The second-order valence-corrected chi connectivity index (χ2v) is 6.74. The second-order valence-electron chi connectivity index (χ2n) is 6.74. The molecule has 0 aromatic heterocycles. The Labute approximate surface area is 116 Å². The molecule has 1 amide bonds. The lowest BCUT2D eigenvalue weighted by molar-refractivity contribution is -0.00765. The molecule has 0 aromatic carbocycles. The van der Waals surface area contributed by atoms with Crippen molar-refractivity contribution in [3.05, 3.63) is 0 Å². The smallest absolute Gasteiger partial charge is 0.410 e. The molecule has 5 nitrogen and oxygen atoms in total. The summed E-state index contributed by atoms with van der Waals surface area (Å²) in [7, 11) is 0. The molecule has 2 unspecified atom stereocenters. The summed E-state index contributed by atoms with van der Waals surface area (Å²) in [6.07, 6.45) is 2.12. The molecular weight excluding hydrogens is 242 g/mol. The van der Waals surface area contributed by atoms with Crippen LogP contribution in [0.5, 0.6) is 0 Å². The van der Waals surface area contributed by atoms with Crippen LogP contribution in [-0.2, 0) is 4.74 Å². The summed E-state index contributed by atoms with van der Waals surface area (Å²) < 4.78 is 5.45. The van der Waals surface area contributed by atoms with Gasteiger partial charge in [0.05, 0.1) is 0 Å². The van der Waals surface area contributed by atoms with Gasteiger partial charge in [0, 0.05) is 25.7 Å². The highest BCUT2D eigenvalue weighted by atomic mass is 16.6. The third-order valence-electron chi connectivity index (χ3n) is 4.02. The summed E-state index contributed by atoms with van der Waals surface area (Å²) >= 11 is 0. The van der Waals surface area contributed by atoms with Gasteiger partial charge in [-0.1, -0.05) is 0 Å². The van der Waals surface area contributed by atoms with E-state index in [-0.39, 0.29) is 6.09 Å². The van der Waals surface area contributed by atoms with Crippen LogP contribution in [0.4, 0.5) is 4.79 Å². The fourth-order valence-electron chi connectivity index (χ4n) is 2.97. The van der Waals surface area contributed by atoms with Crippen LogP contribution < -0.4 is 5.73 Å². The molecule has 19 heavy (non-hydrogen) atoms. The minimum absolute atomic E-state index is 0.179. The zero-order valence-electron chi connectivity index (χ0n) is 12.4. The van der Waals surface area contributed by atoms with E-state index < -0.39 is 5.60 Å². The zero-order chi connectivity index (χ0) is 14.0. The van der Waals surface area contributed by atoms with E-state index in [0.29, 0.717) is 12.0 Å². The van der Waals surface area contributed by atoms with Crippen LogP contribution in [-0.4, -0.2) is 60.3 Å². The maximum atomic E-state index is 12.1. The molecule has 2 aliphatic rings. The van der Waals surface area contributed by atoms with Gasteiger partial charge >= 0.3 is 6.09 Å². The molecule has 0 aromatic rings. The molecule has 0 saturated carbocycles. The molecule has 2 saturated heterocycles. The summed E-state index contributed by atoms with van der Waals surface area (Å²) in [5.41, 5.74) is 5.36. The van der Waals surface area contributed by atoms with Crippen molar-refractivity contribution in [2.75, 3.05) is 32.7 Å². The standard InChI is InChI=1S/C14H27N3O2/c1-14(2,3)19-13(18)17-7-6-16-5-4-11(9-15)8-12(16)10-17/h11-12H,4-10,15H2,1-3H3. The predicted octanol–water partition coefficient (Wildman–Crippen LogP) is 1.28. The molecule has 5 heteroatoms. The van der Waals surface area contributed by atoms with Crippen molar-refractivity contribution in [1.29, 1.82) is 0 Å². The van der Waals surface area contributed by atoms with E-state index in [9.17, 15) is 4.79 Å². The molecule has 2 heterocycles. The Morgan fingerprint density at radius 2 is 2.05 bits per heavy atom. The number of nitrogens with two attached hydrogens (primary N) is 1. The van der Waals surface area contributed by atoms with Gasteiger partial charge < -0.3 is 15.4 Å². The fraction of sp³-hybridized carbons (Fsp3) is 0.929. The van der Waals surface area contributed by atoms with Crippen molar-refractivity contribution in [3.8, 4) is 0 Å². The first-order valence-corrected chi connectivity index (χ1v) is 7.31. The fourth-order valence-corrected chi connectivity index (χ4v) is 2.97. The first-order chi connectivity index (χ1) is 8.89. The Kier molecular flexibility index (Phi) is 4.36. The summed E-state index contributed by atoms with van der Waals surface area (Å²) in [6, 6.07) is 0.462. The number of rotatable bonds is 1. The van der Waals surface area contributed by atoms with Crippen LogP contribution in [0, 0.1) is 5.92 Å². The minimum Gasteiger partial charge on any atom is -0.444 e. The Bertz CT molecular complexity index is 327. The van der Waals surface area contributed by atoms with Gasteiger partial charge in [0.2, 0.25) is 0 Å². The lowest BCUT2D eigenvalue weighted by Gasteiger charge is -2.46. The van der Waals surface area contributed by atoms with Gasteiger partial charge in [-0.15, -0.1) is 0 Å². The topological polar surface area (TPSA) is 58.8 Å². The van der Waals surface area contributed by atoms with Gasteiger partial charge in [0.25, 0.3) is 0 Å². The highest BCUT2D eigenvalue weighted by Gasteiger charge is 2.35. The number of fused-ring (bicyclic) bond motifs is 1. The molecule has 2 rings (SSSR count). The van der Waals surface area contributed by atoms with E-state index in [1.165, 1.54) is 6.42 Å². The Morgan fingerprint density at radius 1 is 1.32 bits per heavy atom. The number of nitrogens with zero attached hydrogens (tertiary/aromatic N) is 2. The van der Waals surface area contributed by atoms with Crippen molar-refractivity contribution >= 4 is 6.09 Å². The Morgan fingerprint density at radius 3 is 2.68 bits per heavy atom. The maximum Gasteiger partial charge on any atom is 0.410 e. The highest BCUT2D eigenvalue weighted by molar-refractivity contribution is 5.68. The van der Waals surface area contributed by atoms with Crippen LogP contribution >= 0.6 is 0 Å². The summed E-state index contributed by atoms with van der Waals surface area (Å²) in [5.74, 6) is 0.611. The lowest BCUT2D eigenvalue weighted by atomic mass is 9.89. The molecule has 2 N–H and O–H groups in total. The lowest BCUT2D eigenvalue weighted by Crippen LogP contribution is -2.58. The van der Waals surface area contributed by atoms with Crippen molar-refractivity contribution in [2.45, 2.75) is 45.3 Å². The van der Waals surface area contributed by atoms with E-state index in [2.05, 4.69) is 4.90 Å². The molecule has 2 fully saturated rings. The molecule has 2 atom stereocenters. The number of hydrogen-bond acceptors (Lipinski definition) is 4. The third-order valence-corrected chi connectivity index (χ3v) is 4.02. The van der Waals surface area contributed by atoms with E-state index in [1.54, 1.807) is 0 Å². The zero-order valence-corrected chi connectivity index (χ0v) is 12.4. The van der Waals surface area contributed by atoms with Gasteiger partial charge in [0.1, 0.15) is 5.60 Å². The minimum atomic E-state index is -0.416. The van der Waals surface area contributed by atoms with E-state index in [4.69, 9.17) is 10.5 Å². The van der Waals surface area contributed by atoms with Crippen molar-refractivity contribution < 1.29 is 9.53 Å². The molecule has 0 bridgehead atoms. The highest BCUT2D eigenvalue weighted by Crippen LogP contribution is 2.25. The largest absolute Gasteiger partial charge is 0.444 e. The monoisotopic (exact) mass is 269 g/mol. The Balaban J connectivity index is 1.91. The first-order valence-electron chi connectivity index (χ1n) is 7.31. The van der Waals surface area contributed by atoms with Crippen LogP contribution in [0.15, 0.2) is 0 Å². The average molecular weight is 269 g/mol. The van der Waals surface area contributed by atoms with Gasteiger partial charge in [0.15, 0.2) is 0 Å². The Hall–Kier alpha value is -0.810. The molecule has 0 spiro atoms. The normalized spacial score (nSPS) is 28.9. The SMILES string of the molecule is CC(C)(C)OC(=O)N1CCN2CCC(CN)CC2C1. The molecule has 0 radical (unpaired) electrons. The van der Waals surface area contributed by atoms with Crippen LogP contribution in [0.25, 0.3) is 0 Å². The number of amides is 1. The number of ether oxygens (including phenoxy) is 1. The van der Waals surface area contributed by atoms with Crippen molar-refractivity contribution in [1.82, 2.24) is 9.80 Å². The van der Waals surface area contributed by atoms with Crippen molar-refractivity contribution in [3.63, 3.8) is 0 Å². The summed E-state index contributed by atoms with van der Waals surface area (Å²) in [4.78, 5) is 16.4. The van der Waals surface area contributed by atoms with E-state index in [1.807, 2.05) is 25.7 Å². The van der Waals surface area contributed by atoms with Crippen molar-refractivity contribution in [2.24, 2.45) is 11.7 Å². The summed E-state index contributed by atoms with van der Waals surface area (Å²) in [6.45, 7) is 10.1. The number of carbonyl (C=O) groups excluding carboxylic acids is 1. The molecular formula is C14H27N3O2.